The molecule has 1 heterocycles. The number of aryl methyl sites for hydroxylation is 1. The summed E-state index contributed by atoms with van der Waals surface area (Å²) < 4.78 is 65.3. The number of hydrogen-bond acceptors (Lipinski definition) is 5. The van der Waals surface area contributed by atoms with Gasteiger partial charge in [0.15, 0.2) is 9.84 Å². The highest BCUT2D eigenvalue weighted by Crippen LogP contribution is 2.40. The third-order valence-corrected chi connectivity index (χ3v) is 9.45. The maximum absolute atomic E-state index is 13.0. The molecule has 0 spiro atoms. The molecule has 1 fully saturated rings. The molecule has 0 radical (unpaired) electrons. The average Bonchev–Trinajstić information content (AvgIpc) is 3.27. The Kier molecular flexibility index (Phi) is 8.70. The van der Waals surface area contributed by atoms with Gasteiger partial charge in [-0.05, 0) is 73.4 Å². The number of halogens is 3. The van der Waals surface area contributed by atoms with Gasteiger partial charge in [0.1, 0.15) is 0 Å². The molecule has 1 aliphatic rings. The lowest BCUT2D eigenvalue weighted by molar-refractivity contribution is -0.184. The van der Waals surface area contributed by atoms with E-state index in [2.05, 4.69) is 5.32 Å². The first-order valence-corrected chi connectivity index (χ1v) is 14.9. The lowest BCUT2D eigenvalue weighted by Crippen LogP contribution is -2.29. The van der Waals surface area contributed by atoms with Crippen LogP contribution in [-0.2, 0) is 36.0 Å². The number of aliphatic hydroxyl groups excluding tert-OH is 1. The third kappa shape index (κ3) is 6.46. The van der Waals surface area contributed by atoms with Gasteiger partial charge < -0.3 is 10.4 Å². The molecule has 212 valence electrons. The summed E-state index contributed by atoms with van der Waals surface area (Å²) in [7, 11) is -3.42. The number of carbonyl (C=O) groups is 1. The van der Waals surface area contributed by atoms with Crippen molar-refractivity contribution in [1.29, 1.82) is 0 Å². The van der Waals surface area contributed by atoms with E-state index in [0.717, 1.165) is 11.1 Å². The van der Waals surface area contributed by atoms with Crippen LogP contribution in [0.3, 0.4) is 0 Å². The van der Waals surface area contributed by atoms with Crippen LogP contribution in [-0.4, -0.2) is 41.1 Å². The van der Waals surface area contributed by atoms with Crippen molar-refractivity contribution in [2.75, 3.05) is 5.75 Å². The predicted octanol–water partition coefficient (Wildman–Crippen LogP) is 5.18. The van der Waals surface area contributed by atoms with E-state index in [-0.39, 0.29) is 48.5 Å². The van der Waals surface area contributed by atoms with Gasteiger partial charge in [0.05, 0.1) is 28.7 Å². The second-order valence-corrected chi connectivity index (χ2v) is 12.4. The molecule has 0 bridgehead atoms. The molecule has 39 heavy (non-hydrogen) atoms. The van der Waals surface area contributed by atoms with E-state index in [0.29, 0.717) is 48.0 Å². The van der Waals surface area contributed by atoms with Crippen molar-refractivity contribution in [3.63, 3.8) is 0 Å². The number of aliphatic hydroxyl groups is 1. The Morgan fingerprint density at radius 3 is 2.41 bits per heavy atom. The molecule has 7 nitrogen and oxygen atoms in total. The zero-order valence-electron chi connectivity index (χ0n) is 22.1. The topological polar surface area (TPSA) is 101 Å². The Balaban J connectivity index is 1.46. The number of rotatable bonds is 9. The van der Waals surface area contributed by atoms with E-state index in [1.807, 2.05) is 17.7 Å². The Hall–Kier alpha value is -2.92. The van der Waals surface area contributed by atoms with Crippen LogP contribution >= 0.6 is 0 Å². The summed E-state index contributed by atoms with van der Waals surface area (Å²) in [4.78, 5) is 13.1. The second kappa shape index (κ2) is 11.7. The van der Waals surface area contributed by atoms with Crippen molar-refractivity contribution < 1.29 is 31.5 Å². The minimum atomic E-state index is -4.13. The van der Waals surface area contributed by atoms with Crippen LogP contribution in [0.2, 0.25) is 0 Å². The number of hydrogen-bond donors (Lipinski definition) is 2. The van der Waals surface area contributed by atoms with E-state index in [1.165, 1.54) is 12.1 Å². The van der Waals surface area contributed by atoms with Gasteiger partial charge in [0, 0.05) is 29.7 Å². The standard InChI is InChI=1S/C28H34F3N3O4S/c1-3-26-24-12-8-19(14-25(24)33-34(26)16-18-5-9-22(10-6-18)28(29,30)31)27(36)32-15-20-7-11-23(13-21(20)17-35)39(37,38)4-2/h7-8,11-14,18,22,35H,3-6,9-10,15-17H2,1-2H3,(H,32,36). The number of carbonyl (C=O) groups excluding carboxylic acids is 1. The maximum atomic E-state index is 13.0. The highest BCUT2D eigenvalue weighted by Gasteiger charge is 2.41. The van der Waals surface area contributed by atoms with Gasteiger partial charge in [0.25, 0.3) is 5.91 Å². The molecule has 1 aliphatic carbocycles. The summed E-state index contributed by atoms with van der Waals surface area (Å²) in [5.74, 6) is -1.48. The van der Waals surface area contributed by atoms with Gasteiger partial charge in [-0.1, -0.05) is 26.0 Å². The highest BCUT2D eigenvalue weighted by atomic mass is 32.2. The van der Waals surface area contributed by atoms with Gasteiger partial charge >= 0.3 is 6.18 Å². The smallest absolute Gasteiger partial charge is 0.391 e. The molecular weight excluding hydrogens is 531 g/mol. The molecule has 0 unspecified atom stereocenters. The largest absolute Gasteiger partial charge is 0.392 e. The summed E-state index contributed by atoms with van der Waals surface area (Å²) in [6, 6.07) is 9.75. The summed E-state index contributed by atoms with van der Waals surface area (Å²) in [5, 5.41) is 18.2. The first-order valence-electron chi connectivity index (χ1n) is 13.3. The fourth-order valence-electron chi connectivity index (χ4n) is 5.33. The van der Waals surface area contributed by atoms with Gasteiger partial charge in [-0.15, -0.1) is 0 Å². The number of nitrogens with zero attached hydrogens (tertiary/aromatic N) is 2. The number of sulfone groups is 1. The van der Waals surface area contributed by atoms with Crippen LogP contribution in [0.4, 0.5) is 13.2 Å². The summed E-state index contributed by atoms with van der Waals surface area (Å²) >= 11 is 0. The van der Waals surface area contributed by atoms with E-state index >= 15 is 0 Å². The van der Waals surface area contributed by atoms with Crippen molar-refractivity contribution >= 4 is 26.6 Å². The fraction of sp³-hybridized carbons (Fsp3) is 0.500. The zero-order valence-corrected chi connectivity index (χ0v) is 22.9. The zero-order chi connectivity index (χ0) is 28.4. The molecule has 1 aromatic heterocycles. The first kappa shape index (κ1) is 29.1. The number of alkyl halides is 3. The number of amides is 1. The van der Waals surface area contributed by atoms with E-state index in [9.17, 15) is 31.5 Å². The lowest BCUT2D eigenvalue weighted by atomic mass is 9.81. The predicted molar refractivity (Wildman–Crippen MR) is 142 cm³/mol. The molecule has 1 amide bonds. The molecule has 4 rings (SSSR count). The Morgan fingerprint density at radius 2 is 1.79 bits per heavy atom. The summed E-state index contributed by atoms with van der Waals surface area (Å²) in [6.45, 7) is 3.85. The normalized spacial score (nSPS) is 18.4. The van der Waals surface area contributed by atoms with Crippen LogP contribution in [0.1, 0.15) is 66.7 Å². The van der Waals surface area contributed by atoms with Crippen LogP contribution in [0.5, 0.6) is 0 Å². The average molecular weight is 566 g/mol. The Morgan fingerprint density at radius 1 is 1.08 bits per heavy atom. The van der Waals surface area contributed by atoms with Crippen molar-refractivity contribution in [1.82, 2.24) is 15.1 Å². The molecule has 2 aromatic carbocycles. The number of aromatic nitrogens is 2. The van der Waals surface area contributed by atoms with Crippen LogP contribution in [0.15, 0.2) is 41.3 Å². The SMILES string of the molecule is CCc1c2ccc(C(=O)NCc3ccc(S(=O)(=O)CC)cc3CO)cc2nn1CC1CCC(C(F)(F)F)CC1. The van der Waals surface area contributed by atoms with Gasteiger partial charge in [-0.2, -0.15) is 18.3 Å². The number of benzene rings is 2. The quantitative estimate of drug-likeness (QED) is 0.372. The molecule has 0 aliphatic heterocycles. The molecule has 0 saturated heterocycles. The third-order valence-electron chi connectivity index (χ3n) is 7.71. The Bertz CT molecular complexity index is 1440. The maximum Gasteiger partial charge on any atom is 0.391 e. The van der Waals surface area contributed by atoms with Gasteiger partial charge in [-0.3, -0.25) is 9.48 Å². The number of fused-ring (bicyclic) bond motifs is 1. The molecule has 11 heteroatoms. The van der Waals surface area contributed by atoms with E-state index < -0.39 is 21.9 Å². The molecule has 0 atom stereocenters. The van der Waals surface area contributed by atoms with Crippen molar-refractivity contribution in [3.8, 4) is 0 Å². The van der Waals surface area contributed by atoms with Crippen LogP contribution in [0.25, 0.3) is 10.9 Å². The van der Waals surface area contributed by atoms with Crippen molar-refractivity contribution in [2.45, 2.75) is 76.7 Å². The van der Waals surface area contributed by atoms with Gasteiger partial charge in [0.2, 0.25) is 0 Å². The second-order valence-electron chi connectivity index (χ2n) is 10.1. The molecular formula is C28H34F3N3O4S. The van der Waals surface area contributed by atoms with E-state index in [1.54, 1.807) is 25.1 Å². The number of nitrogens with one attached hydrogen (secondary N) is 1. The summed E-state index contributed by atoms with van der Waals surface area (Å²) in [6.07, 6.45) is -2.11. The first-order chi connectivity index (χ1) is 18.5. The minimum Gasteiger partial charge on any atom is -0.392 e. The fourth-order valence-corrected chi connectivity index (χ4v) is 6.26. The van der Waals surface area contributed by atoms with Crippen LogP contribution < -0.4 is 5.32 Å². The lowest BCUT2D eigenvalue weighted by Gasteiger charge is -2.30. The van der Waals surface area contributed by atoms with Crippen LogP contribution in [0, 0.1) is 11.8 Å². The molecule has 3 aromatic rings. The van der Waals surface area contributed by atoms with Crippen molar-refractivity contribution in [2.24, 2.45) is 11.8 Å². The monoisotopic (exact) mass is 565 g/mol. The minimum absolute atomic E-state index is 0.0505. The van der Waals surface area contributed by atoms with Gasteiger partial charge in [-0.25, -0.2) is 8.42 Å². The molecule has 2 N–H and O–H groups in total. The molecule has 1 saturated carbocycles. The Labute approximate surface area is 226 Å². The van der Waals surface area contributed by atoms with E-state index in [4.69, 9.17) is 5.10 Å². The highest BCUT2D eigenvalue weighted by molar-refractivity contribution is 7.91. The van der Waals surface area contributed by atoms with Crippen molar-refractivity contribution in [3.05, 3.63) is 58.8 Å². The summed E-state index contributed by atoms with van der Waals surface area (Å²) in [5.41, 5.74) is 3.07.